The molecule has 0 amide bonds. The van der Waals surface area contributed by atoms with Crippen molar-refractivity contribution >= 4 is 5.84 Å². The number of benzene rings is 1. The second-order valence-corrected chi connectivity index (χ2v) is 5.20. The molecular formula is C15H25N3. The molecule has 0 aliphatic rings. The van der Waals surface area contributed by atoms with Gasteiger partial charge in [0.25, 0.3) is 0 Å². The van der Waals surface area contributed by atoms with Gasteiger partial charge < -0.3 is 10.6 Å². The Balaban J connectivity index is 2.56. The Bertz CT molecular complexity index is 387. The number of hydrogen-bond acceptors (Lipinski definition) is 2. The molecule has 3 nitrogen and oxygen atoms in total. The first-order chi connectivity index (χ1) is 8.52. The summed E-state index contributed by atoms with van der Waals surface area (Å²) in [7, 11) is 2.15. The van der Waals surface area contributed by atoms with Gasteiger partial charge in [-0.15, -0.1) is 0 Å². The van der Waals surface area contributed by atoms with E-state index >= 15 is 0 Å². The zero-order chi connectivity index (χ0) is 13.5. The highest BCUT2D eigenvalue weighted by molar-refractivity contribution is 5.95. The van der Waals surface area contributed by atoms with E-state index in [0.29, 0.717) is 0 Å². The molecule has 0 bridgehead atoms. The van der Waals surface area contributed by atoms with Crippen LogP contribution in [-0.2, 0) is 6.54 Å². The van der Waals surface area contributed by atoms with Crippen molar-refractivity contribution in [3.8, 4) is 0 Å². The van der Waals surface area contributed by atoms with E-state index in [1.807, 2.05) is 18.2 Å². The third-order valence-electron chi connectivity index (χ3n) is 3.10. The van der Waals surface area contributed by atoms with E-state index in [4.69, 9.17) is 11.1 Å². The topological polar surface area (TPSA) is 53.1 Å². The number of amidine groups is 1. The fraction of sp³-hybridized carbons (Fsp3) is 0.533. The molecule has 0 fully saturated rings. The van der Waals surface area contributed by atoms with Crippen molar-refractivity contribution in [2.45, 2.75) is 33.2 Å². The second kappa shape index (κ2) is 7.17. The molecule has 1 rings (SSSR count). The molecule has 0 saturated carbocycles. The van der Waals surface area contributed by atoms with Crippen LogP contribution in [0.25, 0.3) is 0 Å². The van der Waals surface area contributed by atoms with Crippen LogP contribution in [0.3, 0.4) is 0 Å². The van der Waals surface area contributed by atoms with Crippen LogP contribution in [-0.4, -0.2) is 24.3 Å². The molecule has 3 N–H and O–H groups in total. The van der Waals surface area contributed by atoms with E-state index in [1.165, 1.54) is 18.4 Å². The van der Waals surface area contributed by atoms with Gasteiger partial charge in [-0.05, 0) is 31.0 Å². The third kappa shape index (κ3) is 4.88. The molecule has 1 atom stereocenters. The summed E-state index contributed by atoms with van der Waals surface area (Å²) >= 11 is 0. The number of nitrogens with zero attached hydrogens (tertiary/aromatic N) is 1. The maximum atomic E-state index is 7.45. The predicted octanol–water partition coefficient (Wildman–Crippen LogP) is 2.84. The maximum absolute atomic E-state index is 7.45. The van der Waals surface area contributed by atoms with Crippen molar-refractivity contribution in [1.29, 1.82) is 5.41 Å². The van der Waals surface area contributed by atoms with Crippen LogP contribution in [0.15, 0.2) is 24.3 Å². The van der Waals surface area contributed by atoms with Gasteiger partial charge in [-0.2, -0.15) is 0 Å². The van der Waals surface area contributed by atoms with Crippen LogP contribution in [0.1, 0.15) is 37.8 Å². The molecule has 0 radical (unpaired) electrons. The van der Waals surface area contributed by atoms with Gasteiger partial charge in [0.15, 0.2) is 0 Å². The van der Waals surface area contributed by atoms with Gasteiger partial charge in [-0.25, -0.2) is 0 Å². The van der Waals surface area contributed by atoms with Crippen LogP contribution in [0, 0.1) is 11.3 Å². The largest absolute Gasteiger partial charge is 0.384 e. The third-order valence-corrected chi connectivity index (χ3v) is 3.10. The van der Waals surface area contributed by atoms with Crippen LogP contribution < -0.4 is 5.73 Å². The van der Waals surface area contributed by atoms with Crippen molar-refractivity contribution in [2.24, 2.45) is 11.7 Å². The average Bonchev–Trinajstić information content (AvgIpc) is 2.29. The molecule has 1 aromatic carbocycles. The van der Waals surface area contributed by atoms with Gasteiger partial charge in [0.05, 0.1) is 0 Å². The lowest BCUT2D eigenvalue weighted by Crippen LogP contribution is -2.24. The molecular weight excluding hydrogens is 222 g/mol. The molecule has 18 heavy (non-hydrogen) atoms. The zero-order valence-corrected chi connectivity index (χ0v) is 11.7. The molecule has 0 saturated heterocycles. The van der Waals surface area contributed by atoms with E-state index in [2.05, 4.69) is 31.9 Å². The highest BCUT2D eigenvalue weighted by Gasteiger charge is 2.07. The van der Waals surface area contributed by atoms with E-state index in [9.17, 15) is 0 Å². The van der Waals surface area contributed by atoms with Crippen molar-refractivity contribution < 1.29 is 0 Å². The average molecular weight is 247 g/mol. The SMILES string of the molecule is CCCC(C)CN(C)Cc1cccc(C(=N)N)c1. The molecule has 0 aliphatic carbocycles. The van der Waals surface area contributed by atoms with Gasteiger partial charge in [-0.1, -0.05) is 38.5 Å². The molecule has 1 unspecified atom stereocenters. The number of nitrogens with two attached hydrogens (primary N) is 1. The summed E-state index contributed by atoms with van der Waals surface area (Å²) in [6.45, 7) is 6.55. The quantitative estimate of drug-likeness (QED) is 0.575. The molecule has 0 aromatic heterocycles. The summed E-state index contributed by atoms with van der Waals surface area (Å²) in [6, 6.07) is 7.94. The fourth-order valence-corrected chi connectivity index (χ4v) is 2.33. The van der Waals surface area contributed by atoms with Gasteiger partial charge >= 0.3 is 0 Å². The van der Waals surface area contributed by atoms with E-state index in [-0.39, 0.29) is 5.84 Å². The standard InChI is InChI=1S/C15H25N3/c1-4-6-12(2)10-18(3)11-13-7-5-8-14(9-13)15(16)17/h5,7-9,12H,4,6,10-11H2,1-3H3,(H3,16,17). The van der Waals surface area contributed by atoms with Gasteiger partial charge in [-0.3, -0.25) is 5.41 Å². The number of nitrogen functional groups attached to an aromatic ring is 1. The van der Waals surface area contributed by atoms with Crippen molar-refractivity contribution in [3.05, 3.63) is 35.4 Å². The first-order valence-electron chi connectivity index (χ1n) is 6.64. The van der Waals surface area contributed by atoms with Gasteiger partial charge in [0.1, 0.15) is 5.84 Å². The van der Waals surface area contributed by atoms with Crippen LogP contribution in [0.4, 0.5) is 0 Å². The first-order valence-corrected chi connectivity index (χ1v) is 6.64. The minimum atomic E-state index is 0.138. The Hall–Kier alpha value is -1.35. The van der Waals surface area contributed by atoms with Crippen LogP contribution in [0.2, 0.25) is 0 Å². The number of hydrogen-bond donors (Lipinski definition) is 2. The van der Waals surface area contributed by atoms with Crippen molar-refractivity contribution in [3.63, 3.8) is 0 Å². The van der Waals surface area contributed by atoms with Gasteiger partial charge in [0.2, 0.25) is 0 Å². The van der Waals surface area contributed by atoms with Crippen molar-refractivity contribution in [2.75, 3.05) is 13.6 Å². The van der Waals surface area contributed by atoms with Crippen LogP contribution in [0.5, 0.6) is 0 Å². The van der Waals surface area contributed by atoms with Gasteiger partial charge in [0, 0.05) is 18.7 Å². The number of rotatable bonds is 7. The molecule has 0 spiro atoms. The summed E-state index contributed by atoms with van der Waals surface area (Å²) in [4.78, 5) is 2.33. The summed E-state index contributed by atoms with van der Waals surface area (Å²) in [5.74, 6) is 0.870. The predicted molar refractivity (Wildman–Crippen MR) is 77.9 cm³/mol. The van der Waals surface area contributed by atoms with Crippen LogP contribution >= 0.6 is 0 Å². The monoisotopic (exact) mass is 247 g/mol. The lowest BCUT2D eigenvalue weighted by Gasteiger charge is -2.21. The lowest BCUT2D eigenvalue weighted by atomic mass is 10.1. The highest BCUT2D eigenvalue weighted by atomic mass is 15.1. The summed E-state index contributed by atoms with van der Waals surface area (Å²) in [5.41, 5.74) is 7.53. The maximum Gasteiger partial charge on any atom is 0.122 e. The Morgan fingerprint density at radius 3 is 2.78 bits per heavy atom. The summed E-state index contributed by atoms with van der Waals surface area (Å²) in [6.07, 6.45) is 2.52. The first kappa shape index (κ1) is 14.7. The second-order valence-electron chi connectivity index (χ2n) is 5.20. The Labute approximate surface area is 111 Å². The normalized spacial score (nSPS) is 12.7. The summed E-state index contributed by atoms with van der Waals surface area (Å²) < 4.78 is 0. The Kier molecular flexibility index (Phi) is 5.86. The molecule has 0 aliphatic heterocycles. The Morgan fingerprint density at radius 1 is 1.44 bits per heavy atom. The summed E-state index contributed by atoms with van der Waals surface area (Å²) in [5, 5.41) is 7.45. The van der Waals surface area contributed by atoms with Crippen molar-refractivity contribution in [1.82, 2.24) is 4.90 Å². The van der Waals surface area contributed by atoms with E-state index in [1.54, 1.807) is 0 Å². The molecule has 3 heteroatoms. The smallest absolute Gasteiger partial charge is 0.122 e. The fourth-order valence-electron chi connectivity index (χ4n) is 2.33. The molecule has 100 valence electrons. The van der Waals surface area contributed by atoms with E-state index in [0.717, 1.165) is 24.6 Å². The highest BCUT2D eigenvalue weighted by Crippen LogP contribution is 2.11. The minimum Gasteiger partial charge on any atom is -0.384 e. The Morgan fingerprint density at radius 2 is 2.17 bits per heavy atom. The zero-order valence-electron chi connectivity index (χ0n) is 11.7. The minimum absolute atomic E-state index is 0.138. The molecule has 0 heterocycles. The lowest BCUT2D eigenvalue weighted by molar-refractivity contribution is 0.270. The molecule has 1 aromatic rings. The van der Waals surface area contributed by atoms with E-state index < -0.39 is 0 Å². The number of nitrogens with one attached hydrogen (secondary N) is 1.